The number of aliphatic carboxylic acids is 1. The lowest BCUT2D eigenvalue weighted by Crippen LogP contribution is -2.62. The summed E-state index contributed by atoms with van der Waals surface area (Å²) in [5.74, 6) is -23.7. The average Bonchev–Trinajstić information content (AvgIpc) is 1.25. The number of carbonyl (C=O) groups is 19. The van der Waals surface area contributed by atoms with Crippen LogP contribution in [0, 0.1) is 47.3 Å². The van der Waals surface area contributed by atoms with Crippen LogP contribution < -0.4 is 97.4 Å². The fraction of sp³-hybridized carbons (Fsp3) is 0.774. The molecule has 0 aromatic heterocycles. The van der Waals surface area contributed by atoms with E-state index in [9.17, 15) is 96.8 Å². The van der Waals surface area contributed by atoms with Crippen LogP contribution in [0.3, 0.4) is 0 Å². The molecular formula is C84H148N18O23. The molecule has 2 unspecified atom stereocenters. The van der Waals surface area contributed by atoms with Crippen molar-refractivity contribution in [2.24, 2.45) is 70.3 Å². The molecule has 712 valence electrons. The number of ether oxygens (including phenoxy) is 1. The first-order valence-corrected chi connectivity index (χ1v) is 43.9. The van der Waals surface area contributed by atoms with E-state index in [2.05, 4.69) is 81.4 Å². The Kier molecular flexibility index (Phi) is 52.5. The smallest absolute Gasteiger partial charge is 0.329 e. The van der Waals surface area contributed by atoms with E-state index in [0.717, 1.165) is 25.7 Å². The Hall–Kier alpha value is -10.2. The zero-order chi connectivity index (χ0) is 95.4. The van der Waals surface area contributed by atoms with Crippen molar-refractivity contribution in [1.29, 1.82) is 0 Å². The summed E-state index contributed by atoms with van der Waals surface area (Å²) >= 11 is 0. The first-order valence-electron chi connectivity index (χ1n) is 43.9. The number of nitrogens with two attached hydrogens (primary N) is 4. The monoisotopic (exact) mass is 1780 g/mol. The van der Waals surface area contributed by atoms with Gasteiger partial charge in [-0.15, -0.1) is 0 Å². The highest BCUT2D eigenvalue weighted by atomic mass is 16.5. The molecule has 1 saturated heterocycles. The first kappa shape index (κ1) is 113. The van der Waals surface area contributed by atoms with E-state index in [1.54, 1.807) is 76.2 Å². The molecule has 41 heteroatoms. The number of rotatable bonds is 50. The molecule has 0 bridgehead atoms. The SMILES string of the molecule is CCCCCCC[C@H](O)CC(=O)N[C@@H](CC(C)C)C(=O)N[C@H](CCC(=O)O)C(=O)N[C@H](CCC(N)=O)C(=O)N[C@@H](C(=O)N[C@H](CC(C)C)C(=O)N[C@@H](CCC(N)=O)C(=O)N[C@@H]1COC(=O)[C@H]([C@@H](C)CC)NC(=O)[C@@H](CCC(N)=O)NC(=O)[C@H](CC(C)C)NC(=O)[C@H](CC(C)C)NC(O)C(CCC(N)=O)NC(=O)[C@@H](CC(C)C)NC(=O)[C@@H](C(C)C)NC1=O)C(C)C. The highest BCUT2D eigenvalue weighted by molar-refractivity contribution is 6.00. The van der Waals surface area contributed by atoms with Crippen LogP contribution in [-0.4, -0.2) is 231 Å². The van der Waals surface area contributed by atoms with Crippen molar-refractivity contribution in [3.63, 3.8) is 0 Å². The largest absolute Gasteiger partial charge is 0.481 e. The molecule has 25 N–H and O–H groups in total. The summed E-state index contributed by atoms with van der Waals surface area (Å²) in [5, 5.41) is 68.5. The van der Waals surface area contributed by atoms with Gasteiger partial charge in [0.05, 0.1) is 24.6 Å². The summed E-state index contributed by atoms with van der Waals surface area (Å²) in [7, 11) is 0. The third-order valence-corrected chi connectivity index (χ3v) is 20.7. The number of hydrogen-bond donors (Lipinski definition) is 21. The Balaban J connectivity index is 4.23. The van der Waals surface area contributed by atoms with Gasteiger partial charge in [0.15, 0.2) is 0 Å². The molecule has 41 nitrogen and oxygen atoms in total. The molecule has 1 fully saturated rings. The summed E-state index contributed by atoms with van der Waals surface area (Å²) in [5.41, 5.74) is 22.3. The summed E-state index contributed by atoms with van der Waals surface area (Å²) in [4.78, 5) is 265. The van der Waals surface area contributed by atoms with Crippen LogP contribution in [0.4, 0.5) is 0 Å². The molecular weight excluding hydrogens is 1630 g/mol. The maximum absolute atomic E-state index is 15.1. The van der Waals surface area contributed by atoms with Gasteiger partial charge in [-0.3, -0.25) is 91.6 Å². The lowest BCUT2D eigenvalue weighted by Gasteiger charge is -2.32. The second kappa shape index (κ2) is 58.2. The topological polar surface area (TPSA) is 667 Å². The van der Waals surface area contributed by atoms with E-state index in [0.29, 0.717) is 12.8 Å². The molecule has 0 saturated carbocycles. The van der Waals surface area contributed by atoms with Crippen molar-refractivity contribution >= 4 is 112 Å². The number of esters is 1. The van der Waals surface area contributed by atoms with Crippen molar-refractivity contribution in [2.75, 3.05) is 6.61 Å². The van der Waals surface area contributed by atoms with Crippen molar-refractivity contribution in [3.05, 3.63) is 0 Å². The molecule has 0 spiro atoms. The van der Waals surface area contributed by atoms with Crippen LogP contribution in [0.15, 0.2) is 0 Å². The molecule has 0 radical (unpaired) electrons. The van der Waals surface area contributed by atoms with Crippen molar-refractivity contribution < 1.29 is 111 Å². The first-order chi connectivity index (χ1) is 58.3. The van der Waals surface area contributed by atoms with Gasteiger partial charge in [0.25, 0.3) is 0 Å². The lowest BCUT2D eigenvalue weighted by molar-refractivity contribution is -0.152. The van der Waals surface area contributed by atoms with Gasteiger partial charge in [-0.05, 0) is 118 Å². The fourth-order valence-electron chi connectivity index (χ4n) is 13.6. The van der Waals surface area contributed by atoms with E-state index in [1.807, 2.05) is 0 Å². The van der Waals surface area contributed by atoms with Crippen molar-refractivity contribution in [2.45, 2.75) is 362 Å². The minimum absolute atomic E-state index is 0.0133. The van der Waals surface area contributed by atoms with Crippen molar-refractivity contribution in [3.8, 4) is 0 Å². The van der Waals surface area contributed by atoms with Gasteiger partial charge in [-0.2, -0.15) is 0 Å². The number of nitrogens with one attached hydrogen (secondary N) is 14. The van der Waals surface area contributed by atoms with Crippen LogP contribution in [0.5, 0.6) is 0 Å². The summed E-state index contributed by atoms with van der Waals surface area (Å²) in [6.07, 6.45) is -3.81. The van der Waals surface area contributed by atoms with Gasteiger partial charge in [-0.25, -0.2) is 4.79 Å². The standard InChI is InChI=1S/C84H148N18O23/c1-18-20-21-22-23-24-50(103)40-66(108)89-56(35-42(3)4)76(116)94-55(29-34-67(109)110)71(111)90-53(27-32-64(87)106)74(114)100-68(47(13)14)82(122)97-60(39-46(11)12)79(119)92-52(26-31-63(86)105)73(113)99-61-41-125-84(124)70(49(17)19-2)102-75(115)54(28-33-65(88)107)93-77(117)57(36-43(5)6)96-80(120)58(37-44(7)8)95-72(112)51(25-30-62(85)104)91-78(118)59(38-45(9)10)98-83(123)69(48(15)16)101-81(61)121/h42-61,68-70,72,95,103,112H,18-41H2,1-17H3,(H2,85,104)(H2,86,105)(H2,87,106)(H2,88,107)(H,89,108)(H,90,111)(H,91,118)(H,92,119)(H,93,117)(H,94,116)(H,96,120)(H,97,122)(H,98,123)(H,99,113)(H,100,114)(H,101,121)(H,102,115)(H,109,110)/t49-,50-,51?,52-,53+,54+,55+,56-,57-,58-,59+,60+,61+,68+,69+,70-,72?/m0/s1. The molecule has 125 heavy (non-hydrogen) atoms. The molecule has 17 atom stereocenters. The molecule has 1 rings (SSSR count). The number of unbranched alkanes of at least 4 members (excludes halogenated alkanes) is 4. The maximum Gasteiger partial charge on any atom is 0.329 e. The number of primary amides is 4. The maximum atomic E-state index is 15.1. The lowest BCUT2D eigenvalue weighted by atomic mass is 9.97. The van der Waals surface area contributed by atoms with Gasteiger partial charge >= 0.3 is 11.9 Å². The van der Waals surface area contributed by atoms with Gasteiger partial charge in [0.1, 0.15) is 85.3 Å². The summed E-state index contributed by atoms with van der Waals surface area (Å²) in [6.45, 7) is 27.3. The molecule has 1 aliphatic rings. The van der Waals surface area contributed by atoms with Crippen LogP contribution in [0.2, 0.25) is 0 Å². The van der Waals surface area contributed by atoms with E-state index in [-0.39, 0.29) is 75.0 Å². The van der Waals surface area contributed by atoms with Crippen LogP contribution in [0.1, 0.15) is 265 Å². The quantitative estimate of drug-likeness (QED) is 0.0250. The van der Waals surface area contributed by atoms with Gasteiger partial charge in [0, 0.05) is 32.1 Å². The number of aliphatic hydroxyl groups is 2. The second-order valence-corrected chi connectivity index (χ2v) is 35.5. The van der Waals surface area contributed by atoms with Crippen LogP contribution in [0.25, 0.3) is 0 Å². The van der Waals surface area contributed by atoms with Gasteiger partial charge in [-0.1, -0.05) is 156 Å². The van der Waals surface area contributed by atoms with E-state index >= 15 is 9.59 Å². The molecule has 1 aliphatic heterocycles. The fourth-order valence-corrected chi connectivity index (χ4v) is 13.6. The Morgan fingerprint density at radius 1 is 0.432 bits per heavy atom. The number of aliphatic hydroxyl groups excluding tert-OH is 2. The Bertz CT molecular complexity index is 3580. The summed E-state index contributed by atoms with van der Waals surface area (Å²) in [6, 6.07) is -22.5. The van der Waals surface area contributed by atoms with E-state index < -0.39 is 297 Å². The third kappa shape index (κ3) is 45.5. The molecule has 0 aliphatic carbocycles. The third-order valence-electron chi connectivity index (χ3n) is 20.7. The number of carboxylic acids is 1. The van der Waals surface area contributed by atoms with Crippen LogP contribution >= 0.6 is 0 Å². The molecule has 0 aromatic carbocycles. The highest BCUT2D eigenvalue weighted by Gasteiger charge is 2.42. The minimum Gasteiger partial charge on any atom is -0.481 e. The number of cyclic esters (lactones) is 1. The van der Waals surface area contributed by atoms with E-state index in [4.69, 9.17) is 27.7 Å². The zero-order valence-corrected chi connectivity index (χ0v) is 76.1. The van der Waals surface area contributed by atoms with Crippen LogP contribution in [-0.2, 0) is 95.8 Å². The molecule has 17 amide bonds. The number of carbonyl (C=O) groups excluding carboxylic acids is 18. The summed E-state index contributed by atoms with van der Waals surface area (Å²) < 4.78 is 5.80. The number of carboxylic acid groups (broad SMARTS) is 1. The Labute approximate surface area is 734 Å². The molecule has 1 heterocycles. The van der Waals surface area contributed by atoms with Gasteiger partial charge < -0.3 is 112 Å². The average molecular weight is 1780 g/mol. The number of amides is 17. The minimum atomic E-state index is -2.10. The normalized spacial score (nSPS) is 21.3. The predicted octanol–water partition coefficient (Wildman–Crippen LogP) is -1.25. The predicted molar refractivity (Wildman–Crippen MR) is 460 cm³/mol. The number of hydrogen-bond acceptors (Lipinski definition) is 23. The van der Waals surface area contributed by atoms with Crippen molar-refractivity contribution in [1.82, 2.24) is 74.4 Å². The Morgan fingerprint density at radius 3 is 1.32 bits per heavy atom. The molecule has 0 aromatic rings. The van der Waals surface area contributed by atoms with Gasteiger partial charge in [0.2, 0.25) is 100 Å². The zero-order valence-electron chi connectivity index (χ0n) is 76.1. The van der Waals surface area contributed by atoms with E-state index in [1.165, 1.54) is 34.6 Å². The second-order valence-electron chi connectivity index (χ2n) is 35.5. The highest BCUT2D eigenvalue weighted by Crippen LogP contribution is 2.20. The Morgan fingerprint density at radius 2 is 0.848 bits per heavy atom.